The average Bonchev–Trinajstić information content (AvgIpc) is 3.11. The van der Waals surface area contributed by atoms with Crippen LogP contribution in [0, 0.1) is 0 Å². The zero-order chi connectivity index (χ0) is 19.7. The van der Waals surface area contributed by atoms with Gasteiger partial charge in [-0.2, -0.15) is 0 Å². The van der Waals surface area contributed by atoms with Gasteiger partial charge < -0.3 is 4.74 Å². The second-order valence-corrected chi connectivity index (χ2v) is 7.78. The molecule has 0 saturated heterocycles. The van der Waals surface area contributed by atoms with Gasteiger partial charge in [-0.1, -0.05) is 52.7 Å². The van der Waals surface area contributed by atoms with Gasteiger partial charge in [0.15, 0.2) is 5.13 Å². The summed E-state index contributed by atoms with van der Waals surface area (Å²) in [5.41, 5.74) is 1.80. The summed E-state index contributed by atoms with van der Waals surface area (Å²) < 4.78 is 6.31. The van der Waals surface area contributed by atoms with Crippen LogP contribution in [0.2, 0.25) is 10.0 Å². The topological polar surface area (TPSA) is 42.4 Å². The Morgan fingerprint density at radius 1 is 1.04 bits per heavy atom. The number of aromatic nitrogens is 1. The van der Waals surface area contributed by atoms with Gasteiger partial charge in [0.05, 0.1) is 33.6 Å². The summed E-state index contributed by atoms with van der Waals surface area (Å²) >= 11 is 13.7. The molecule has 0 aliphatic rings. The molecule has 1 aromatic heterocycles. The highest BCUT2D eigenvalue weighted by Crippen LogP contribution is 2.36. The summed E-state index contributed by atoms with van der Waals surface area (Å²) in [7, 11) is 1.58. The Kier molecular flexibility index (Phi) is 5.22. The van der Waals surface area contributed by atoms with E-state index in [2.05, 4.69) is 4.98 Å². The second kappa shape index (κ2) is 7.80. The van der Waals surface area contributed by atoms with Crippen LogP contribution >= 0.6 is 34.5 Å². The molecule has 0 saturated carbocycles. The molecule has 0 spiro atoms. The van der Waals surface area contributed by atoms with Gasteiger partial charge in [-0.25, -0.2) is 4.98 Å². The highest BCUT2D eigenvalue weighted by molar-refractivity contribution is 7.22. The molecule has 4 aromatic rings. The summed E-state index contributed by atoms with van der Waals surface area (Å²) in [5.74, 6) is 0.340. The molecule has 0 radical (unpaired) electrons. The molecule has 0 unspecified atom stereocenters. The lowest BCUT2D eigenvalue weighted by Gasteiger charge is -2.21. The fourth-order valence-electron chi connectivity index (χ4n) is 2.80. The van der Waals surface area contributed by atoms with Gasteiger partial charge in [0.25, 0.3) is 5.91 Å². The van der Waals surface area contributed by atoms with E-state index in [1.807, 2.05) is 42.5 Å². The van der Waals surface area contributed by atoms with E-state index in [0.717, 1.165) is 10.2 Å². The molecule has 3 aromatic carbocycles. The molecule has 4 rings (SSSR count). The van der Waals surface area contributed by atoms with Crippen LogP contribution in [-0.2, 0) is 0 Å². The SMILES string of the molecule is COc1cccc(N(C(=O)c2ccc(Cl)cc2Cl)c2nc3ccccc3s2)c1. The highest BCUT2D eigenvalue weighted by atomic mass is 35.5. The summed E-state index contributed by atoms with van der Waals surface area (Å²) in [4.78, 5) is 19.7. The van der Waals surface area contributed by atoms with Crippen molar-refractivity contribution in [2.45, 2.75) is 0 Å². The number of ether oxygens (including phenoxy) is 1. The van der Waals surface area contributed by atoms with E-state index in [-0.39, 0.29) is 10.9 Å². The van der Waals surface area contributed by atoms with E-state index in [4.69, 9.17) is 27.9 Å². The van der Waals surface area contributed by atoms with Crippen molar-refractivity contribution in [3.05, 3.63) is 82.3 Å². The minimum absolute atomic E-state index is 0.284. The lowest BCUT2D eigenvalue weighted by molar-refractivity contribution is 0.0999. The first kappa shape index (κ1) is 18.7. The standard InChI is InChI=1S/C21H14Cl2N2O2S/c1-27-15-6-4-5-14(12-15)25(20(26)16-10-9-13(22)11-17(16)23)21-24-18-7-2-3-8-19(18)28-21/h2-12H,1H3. The predicted octanol–water partition coefficient (Wildman–Crippen LogP) is 6.59. The number of para-hydroxylation sites is 1. The van der Waals surface area contributed by atoms with Gasteiger partial charge >= 0.3 is 0 Å². The number of halogens is 2. The Bertz CT molecular complexity index is 1140. The van der Waals surface area contributed by atoms with Crippen molar-refractivity contribution < 1.29 is 9.53 Å². The number of benzene rings is 3. The van der Waals surface area contributed by atoms with Gasteiger partial charge in [-0.15, -0.1) is 0 Å². The minimum atomic E-state index is -0.297. The Labute approximate surface area is 175 Å². The molecule has 0 atom stereocenters. The zero-order valence-electron chi connectivity index (χ0n) is 14.7. The number of hydrogen-bond acceptors (Lipinski definition) is 4. The monoisotopic (exact) mass is 428 g/mol. The van der Waals surface area contributed by atoms with Crippen LogP contribution in [-0.4, -0.2) is 18.0 Å². The van der Waals surface area contributed by atoms with E-state index in [0.29, 0.717) is 27.2 Å². The van der Waals surface area contributed by atoms with E-state index in [1.54, 1.807) is 36.3 Å². The van der Waals surface area contributed by atoms with Crippen LogP contribution in [0.1, 0.15) is 10.4 Å². The van der Waals surface area contributed by atoms with Gasteiger partial charge in [0, 0.05) is 11.1 Å². The number of methoxy groups -OCH3 is 1. The normalized spacial score (nSPS) is 10.8. The van der Waals surface area contributed by atoms with Crippen molar-refractivity contribution in [2.75, 3.05) is 12.0 Å². The Morgan fingerprint density at radius 3 is 2.61 bits per heavy atom. The molecule has 1 heterocycles. The van der Waals surface area contributed by atoms with Crippen LogP contribution in [0.4, 0.5) is 10.8 Å². The number of anilines is 2. The lowest BCUT2D eigenvalue weighted by atomic mass is 10.2. The first-order valence-electron chi connectivity index (χ1n) is 8.36. The van der Waals surface area contributed by atoms with Crippen molar-refractivity contribution in [3.8, 4) is 5.75 Å². The maximum absolute atomic E-state index is 13.5. The van der Waals surface area contributed by atoms with Crippen molar-refractivity contribution in [2.24, 2.45) is 0 Å². The number of nitrogens with zero attached hydrogens (tertiary/aromatic N) is 2. The number of carbonyl (C=O) groups is 1. The van der Waals surface area contributed by atoms with Crippen molar-refractivity contribution in [1.29, 1.82) is 0 Å². The van der Waals surface area contributed by atoms with Crippen molar-refractivity contribution >= 4 is 61.5 Å². The van der Waals surface area contributed by atoms with Gasteiger partial charge in [0.1, 0.15) is 5.75 Å². The average molecular weight is 429 g/mol. The molecule has 0 N–H and O–H groups in total. The van der Waals surface area contributed by atoms with Crippen molar-refractivity contribution in [1.82, 2.24) is 4.98 Å². The fraction of sp³-hybridized carbons (Fsp3) is 0.0476. The zero-order valence-corrected chi connectivity index (χ0v) is 17.1. The summed E-state index contributed by atoms with van der Waals surface area (Å²) in [6.45, 7) is 0. The number of rotatable bonds is 4. The molecular formula is C21H14Cl2N2O2S. The molecular weight excluding hydrogens is 415 g/mol. The third kappa shape index (κ3) is 3.56. The molecule has 4 nitrogen and oxygen atoms in total. The van der Waals surface area contributed by atoms with Gasteiger partial charge in [0.2, 0.25) is 0 Å². The molecule has 0 bridgehead atoms. The van der Waals surface area contributed by atoms with E-state index in [9.17, 15) is 4.79 Å². The van der Waals surface area contributed by atoms with E-state index >= 15 is 0 Å². The Hall–Kier alpha value is -2.60. The summed E-state index contributed by atoms with van der Waals surface area (Å²) in [6.07, 6.45) is 0. The molecule has 140 valence electrons. The number of carbonyl (C=O) groups excluding carboxylic acids is 1. The third-order valence-corrected chi connectivity index (χ3v) is 5.72. The Balaban J connectivity index is 1.88. The molecule has 0 aliphatic carbocycles. The highest BCUT2D eigenvalue weighted by Gasteiger charge is 2.25. The first-order chi connectivity index (χ1) is 13.6. The third-order valence-electron chi connectivity index (χ3n) is 4.15. The molecule has 0 fully saturated rings. The maximum Gasteiger partial charge on any atom is 0.266 e. The second-order valence-electron chi connectivity index (χ2n) is 5.93. The largest absolute Gasteiger partial charge is 0.497 e. The van der Waals surface area contributed by atoms with Gasteiger partial charge in [-0.05, 0) is 42.5 Å². The Morgan fingerprint density at radius 2 is 1.86 bits per heavy atom. The van der Waals surface area contributed by atoms with E-state index < -0.39 is 0 Å². The molecule has 0 aliphatic heterocycles. The molecule has 28 heavy (non-hydrogen) atoms. The molecule has 1 amide bonds. The number of fused-ring (bicyclic) bond motifs is 1. The lowest BCUT2D eigenvalue weighted by Crippen LogP contribution is -2.26. The smallest absolute Gasteiger partial charge is 0.266 e. The predicted molar refractivity (Wildman–Crippen MR) is 116 cm³/mol. The van der Waals surface area contributed by atoms with Gasteiger partial charge in [-0.3, -0.25) is 9.69 Å². The molecule has 7 heteroatoms. The van der Waals surface area contributed by atoms with Crippen LogP contribution in [0.5, 0.6) is 5.75 Å². The van der Waals surface area contributed by atoms with Crippen molar-refractivity contribution in [3.63, 3.8) is 0 Å². The van der Waals surface area contributed by atoms with Crippen LogP contribution in [0.25, 0.3) is 10.2 Å². The summed E-state index contributed by atoms with van der Waals surface area (Å²) in [6, 6.07) is 19.8. The number of thiazole rings is 1. The number of hydrogen-bond donors (Lipinski definition) is 0. The quantitative estimate of drug-likeness (QED) is 0.368. The van der Waals surface area contributed by atoms with Crippen LogP contribution < -0.4 is 9.64 Å². The van der Waals surface area contributed by atoms with Crippen LogP contribution in [0.3, 0.4) is 0 Å². The minimum Gasteiger partial charge on any atom is -0.497 e. The number of amides is 1. The summed E-state index contributed by atoms with van der Waals surface area (Å²) in [5, 5.41) is 1.30. The van der Waals surface area contributed by atoms with Crippen LogP contribution in [0.15, 0.2) is 66.7 Å². The fourth-order valence-corrected chi connectivity index (χ4v) is 4.28. The maximum atomic E-state index is 13.5. The first-order valence-corrected chi connectivity index (χ1v) is 9.93. The van der Waals surface area contributed by atoms with E-state index in [1.165, 1.54) is 11.3 Å².